The van der Waals surface area contributed by atoms with E-state index in [1.165, 1.54) is 20.0 Å². The number of aromatic nitrogens is 6. The van der Waals surface area contributed by atoms with Gasteiger partial charge in [-0.2, -0.15) is 0 Å². The Hall–Kier alpha value is -4.21. The van der Waals surface area contributed by atoms with E-state index in [1.54, 1.807) is 18.7 Å². The Kier molecular flexibility index (Phi) is 7.13. The van der Waals surface area contributed by atoms with Crippen LogP contribution in [-0.4, -0.2) is 49.0 Å². The smallest absolute Gasteiger partial charge is 0.341 e. The molecule has 2 atom stereocenters. The minimum Gasteiger partial charge on any atom is -0.492 e. The molecule has 0 amide bonds. The number of rotatable bonds is 10. The van der Waals surface area contributed by atoms with Crippen molar-refractivity contribution in [1.82, 2.24) is 29.3 Å². The number of nitrogens with two attached hydrogens (primary N) is 1. The molecule has 10 heteroatoms. The van der Waals surface area contributed by atoms with Gasteiger partial charge in [0.25, 0.3) is 0 Å². The van der Waals surface area contributed by atoms with E-state index in [1.807, 2.05) is 46.5 Å². The summed E-state index contributed by atoms with van der Waals surface area (Å²) < 4.78 is 15.2. The summed E-state index contributed by atoms with van der Waals surface area (Å²) in [7, 11) is 1.38. The molecular weight excluding hydrogens is 482 g/mol. The van der Waals surface area contributed by atoms with Crippen molar-refractivity contribution in [2.45, 2.75) is 52.0 Å². The summed E-state index contributed by atoms with van der Waals surface area (Å²) in [5.41, 5.74) is 9.89. The second kappa shape index (κ2) is 10.6. The van der Waals surface area contributed by atoms with Crippen molar-refractivity contribution in [2.75, 3.05) is 19.5 Å². The zero-order valence-corrected chi connectivity index (χ0v) is 22.2. The van der Waals surface area contributed by atoms with Gasteiger partial charge < -0.3 is 24.3 Å². The molecule has 1 aliphatic rings. The summed E-state index contributed by atoms with van der Waals surface area (Å²) in [6.07, 6.45) is 8.73. The fourth-order valence-electron chi connectivity index (χ4n) is 4.72. The molecule has 1 fully saturated rings. The predicted molar refractivity (Wildman–Crippen MR) is 143 cm³/mol. The minimum atomic E-state index is -0.437. The number of pyridine rings is 1. The number of imidazole rings is 1. The molecule has 0 radical (unpaired) electrons. The number of aryl methyl sites for hydroxylation is 1. The van der Waals surface area contributed by atoms with Crippen LogP contribution in [0.1, 0.15) is 66.7 Å². The number of esters is 1. The second-order valence-electron chi connectivity index (χ2n) is 10.1. The first-order valence-electron chi connectivity index (χ1n) is 12.9. The first kappa shape index (κ1) is 25.4. The largest absolute Gasteiger partial charge is 0.492 e. The molecule has 1 saturated carbocycles. The van der Waals surface area contributed by atoms with Gasteiger partial charge in [0, 0.05) is 18.2 Å². The molecule has 5 rings (SSSR count). The Bertz CT molecular complexity index is 1440. The van der Waals surface area contributed by atoms with Crippen molar-refractivity contribution in [3.63, 3.8) is 0 Å². The molecule has 3 heterocycles. The monoisotopic (exact) mass is 515 g/mol. The summed E-state index contributed by atoms with van der Waals surface area (Å²) in [5.74, 6) is 1.91. The van der Waals surface area contributed by atoms with Gasteiger partial charge in [0.15, 0.2) is 5.82 Å². The number of carbonyl (C=O) groups is 1. The van der Waals surface area contributed by atoms with Gasteiger partial charge in [-0.05, 0) is 68.9 Å². The highest BCUT2D eigenvalue weighted by molar-refractivity contribution is 5.93. The lowest BCUT2D eigenvalue weighted by atomic mass is 10.0. The molecule has 1 aliphatic carbocycles. The van der Waals surface area contributed by atoms with Crippen molar-refractivity contribution in [3.8, 4) is 23.0 Å². The molecule has 1 aromatic carbocycles. The second-order valence-corrected chi connectivity index (χ2v) is 10.1. The number of methoxy groups -OCH3 is 1. The number of nitrogen functional groups attached to an aromatic ring is 1. The zero-order valence-electron chi connectivity index (χ0n) is 22.2. The molecule has 0 bridgehead atoms. The van der Waals surface area contributed by atoms with E-state index in [4.69, 9.17) is 15.2 Å². The Labute approximate surface area is 221 Å². The lowest BCUT2D eigenvalue weighted by molar-refractivity contribution is 0.0595. The van der Waals surface area contributed by atoms with Gasteiger partial charge in [0.1, 0.15) is 29.2 Å². The lowest BCUT2D eigenvalue weighted by Crippen LogP contribution is -2.17. The van der Waals surface area contributed by atoms with Gasteiger partial charge >= 0.3 is 5.97 Å². The van der Waals surface area contributed by atoms with Gasteiger partial charge in [-0.15, -0.1) is 10.2 Å². The number of hydrogen-bond acceptors (Lipinski definition) is 8. The molecule has 0 saturated heterocycles. The van der Waals surface area contributed by atoms with E-state index in [2.05, 4.69) is 34.0 Å². The van der Waals surface area contributed by atoms with Crippen LogP contribution in [0.2, 0.25) is 0 Å². The first-order chi connectivity index (χ1) is 18.3. The molecule has 198 valence electrons. The van der Waals surface area contributed by atoms with Gasteiger partial charge in [-0.1, -0.05) is 13.0 Å². The van der Waals surface area contributed by atoms with Crippen LogP contribution in [0.15, 0.2) is 49.2 Å². The number of carbonyl (C=O) groups excluding carboxylic acids is 1. The molecule has 38 heavy (non-hydrogen) atoms. The molecule has 10 nitrogen and oxygen atoms in total. The third-order valence-electron chi connectivity index (χ3n) is 6.89. The number of hydrogen-bond donors (Lipinski definition) is 1. The minimum absolute atomic E-state index is 0.0907. The Morgan fingerprint density at radius 2 is 2.03 bits per heavy atom. The SMILES string of the molecule is COC(=O)c1cc(-n2cnc(C3CC3)c2)c(C)cc1OC[C@H](C)C[C@H](C)n1cnnc1-c1cccc(N)n1. The highest BCUT2D eigenvalue weighted by Crippen LogP contribution is 2.39. The maximum atomic E-state index is 12.7. The van der Waals surface area contributed by atoms with Crippen LogP contribution in [0.3, 0.4) is 0 Å². The van der Waals surface area contributed by atoms with Gasteiger partial charge in [-0.25, -0.2) is 14.8 Å². The van der Waals surface area contributed by atoms with Gasteiger partial charge in [-0.3, -0.25) is 0 Å². The third-order valence-corrected chi connectivity index (χ3v) is 6.89. The maximum Gasteiger partial charge on any atom is 0.341 e. The van der Waals surface area contributed by atoms with Crippen LogP contribution in [0, 0.1) is 12.8 Å². The van der Waals surface area contributed by atoms with Crippen molar-refractivity contribution in [2.24, 2.45) is 5.92 Å². The number of nitrogens with zero attached hydrogens (tertiary/aromatic N) is 6. The summed E-state index contributed by atoms with van der Waals surface area (Å²) in [6, 6.07) is 9.27. The summed E-state index contributed by atoms with van der Waals surface area (Å²) >= 11 is 0. The molecule has 4 aromatic rings. The Balaban J connectivity index is 1.29. The summed E-state index contributed by atoms with van der Waals surface area (Å²) in [5, 5.41) is 8.34. The van der Waals surface area contributed by atoms with E-state index in [9.17, 15) is 4.79 Å². The normalized spacial score (nSPS) is 14.7. The van der Waals surface area contributed by atoms with Crippen molar-refractivity contribution in [1.29, 1.82) is 0 Å². The molecule has 0 unspecified atom stereocenters. The maximum absolute atomic E-state index is 12.7. The van der Waals surface area contributed by atoms with Crippen molar-refractivity contribution in [3.05, 3.63) is 66.0 Å². The Morgan fingerprint density at radius 3 is 2.76 bits per heavy atom. The molecule has 2 N–H and O–H groups in total. The topological polar surface area (TPSA) is 123 Å². The number of anilines is 1. The highest BCUT2D eigenvalue weighted by Gasteiger charge is 2.26. The van der Waals surface area contributed by atoms with E-state index in [0.717, 1.165) is 23.4 Å². The number of ether oxygens (including phenoxy) is 2. The fourth-order valence-corrected chi connectivity index (χ4v) is 4.72. The zero-order chi connectivity index (χ0) is 26.8. The van der Waals surface area contributed by atoms with Gasteiger partial charge in [0.2, 0.25) is 0 Å². The standard InChI is InChI=1S/C28H33N7O3/c1-17(10-19(3)35-16-31-33-27(35)22-6-5-7-26(29)32-22)14-38-25-11-18(2)24(12-21(25)28(36)37-4)34-13-23(30-15-34)20-8-9-20/h5-7,11-13,15-17,19-20H,8-10,14H2,1-4H3,(H2,29,32)/t17-,19+/m1/s1. The van der Waals surface area contributed by atoms with Crippen LogP contribution in [0.5, 0.6) is 5.75 Å². The molecule has 0 aliphatic heterocycles. The average molecular weight is 516 g/mol. The van der Waals surface area contributed by atoms with E-state index in [-0.39, 0.29) is 12.0 Å². The van der Waals surface area contributed by atoms with Crippen LogP contribution in [0.4, 0.5) is 5.82 Å². The summed E-state index contributed by atoms with van der Waals surface area (Å²) in [6.45, 7) is 6.65. The highest BCUT2D eigenvalue weighted by atomic mass is 16.5. The van der Waals surface area contributed by atoms with E-state index >= 15 is 0 Å². The molecule has 3 aromatic heterocycles. The van der Waals surface area contributed by atoms with Crippen LogP contribution in [-0.2, 0) is 4.74 Å². The van der Waals surface area contributed by atoms with Crippen molar-refractivity contribution < 1.29 is 14.3 Å². The van der Waals surface area contributed by atoms with Crippen LogP contribution < -0.4 is 10.5 Å². The average Bonchev–Trinajstić information content (AvgIpc) is 3.42. The lowest BCUT2D eigenvalue weighted by Gasteiger charge is -2.21. The first-order valence-corrected chi connectivity index (χ1v) is 12.9. The van der Waals surface area contributed by atoms with Crippen molar-refractivity contribution >= 4 is 11.8 Å². The molecular formula is C28H33N7O3. The third kappa shape index (κ3) is 5.39. The molecule has 0 spiro atoms. The predicted octanol–water partition coefficient (Wildman–Crippen LogP) is 4.75. The van der Waals surface area contributed by atoms with E-state index < -0.39 is 5.97 Å². The summed E-state index contributed by atoms with van der Waals surface area (Å²) in [4.78, 5) is 21.6. The number of benzene rings is 1. The van der Waals surface area contributed by atoms with Crippen LogP contribution >= 0.6 is 0 Å². The Morgan fingerprint density at radius 1 is 1.21 bits per heavy atom. The quantitative estimate of drug-likeness (QED) is 0.300. The van der Waals surface area contributed by atoms with Gasteiger partial charge in [0.05, 0.1) is 31.4 Å². The fraction of sp³-hybridized carbons (Fsp3) is 0.393. The van der Waals surface area contributed by atoms with Crippen LogP contribution in [0.25, 0.3) is 17.2 Å². The van der Waals surface area contributed by atoms with E-state index in [0.29, 0.717) is 41.2 Å².